The molecule has 0 unspecified atom stereocenters. The molecule has 18 heavy (non-hydrogen) atoms. The number of anilines is 1. The Morgan fingerprint density at radius 1 is 1.39 bits per heavy atom. The Bertz CT molecular complexity index is 583. The van der Waals surface area contributed by atoms with Crippen LogP contribution in [0, 0.1) is 12.3 Å². The summed E-state index contributed by atoms with van der Waals surface area (Å²) in [7, 11) is 1.96. The summed E-state index contributed by atoms with van der Waals surface area (Å²) in [6, 6.07) is 0. The molecular formula is C13H21N5. The smallest absolute Gasteiger partial charge is 0.202 e. The van der Waals surface area contributed by atoms with Gasteiger partial charge in [0.15, 0.2) is 5.65 Å². The van der Waals surface area contributed by atoms with Gasteiger partial charge in [0.25, 0.3) is 0 Å². The zero-order valence-electron chi connectivity index (χ0n) is 11.4. The number of nitrogens with zero attached hydrogens (tertiary/aromatic N) is 4. The van der Waals surface area contributed by atoms with E-state index in [1.54, 1.807) is 0 Å². The van der Waals surface area contributed by atoms with Crippen LogP contribution in [0.5, 0.6) is 0 Å². The summed E-state index contributed by atoms with van der Waals surface area (Å²) in [6.07, 6.45) is 5.16. The van der Waals surface area contributed by atoms with E-state index in [-0.39, 0.29) is 0 Å². The Morgan fingerprint density at radius 3 is 2.67 bits per heavy atom. The molecule has 2 heterocycles. The number of hydrogen-bond donors (Lipinski definition) is 1. The summed E-state index contributed by atoms with van der Waals surface area (Å²) in [5, 5.41) is 4.43. The summed E-state index contributed by atoms with van der Waals surface area (Å²) >= 11 is 0. The van der Waals surface area contributed by atoms with Crippen LogP contribution < -0.4 is 5.73 Å². The van der Waals surface area contributed by atoms with Crippen molar-refractivity contribution in [3.05, 3.63) is 5.69 Å². The third-order valence-corrected chi connectivity index (χ3v) is 4.58. The topological polar surface area (TPSA) is 61.7 Å². The molecule has 0 atom stereocenters. The van der Waals surface area contributed by atoms with E-state index in [2.05, 4.69) is 21.6 Å². The Kier molecular flexibility index (Phi) is 2.40. The van der Waals surface area contributed by atoms with Crippen molar-refractivity contribution in [2.75, 3.05) is 5.73 Å². The van der Waals surface area contributed by atoms with Gasteiger partial charge in [-0.25, -0.2) is 4.98 Å². The molecule has 98 valence electrons. The molecule has 5 nitrogen and oxygen atoms in total. The minimum absolute atomic E-state index is 0.430. The molecule has 0 saturated heterocycles. The Balaban J connectivity index is 2.08. The maximum Gasteiger partial charge on any atom is 0.202 e. The van der Waals surface area contributed by atoms with E-state index in [0.29, 0.717) is 11.4 Å². The first-order valence-electron chi connectivity index (χ1n) is 6.72. The van der Waals surface area contributed by atoms with E-state index in [1.807, 2.05) is 18.7 Å². The summed E-state index contributed by atoms with van der Waals surface area (Å²) in [5.74, 6) is 0.626. The van der Waals surface area contributed by atoms with Gasteiger partial charge in [0, 0.05) is 13.6 Å². The van der Waals surface area contributed by atoms with E-state index in [4.69, 9.17) is 5.73 Å². The normalized spacial score (nSPS) is 18.2. The molecule has 0 radical (unpaired) electrons. The van der Waals surface area contributed by atoms with Gasteiger partial charge in [-0.3, -0.25) is 9.25 Å². The summed E-state index contributed by atoms with van der Waals surface area (Å²) in [4.78, 5) is 4.47. The van der Waals surface area contributed by atoms with Crippen molar-refractivity contribution in [3.8, 4) is 0 Å². The minimum Gasteiger partial charge on any atom is -0.369 e. The van der Waals surface area contributed by atoms with E-state index >= 15 is 0 Å². The lowest BCUT2D eigenvalue weighted by Crippen LogP contribution is -2.34. The number of rotatable bonds is 3. The maximum absolute atomic E-state index is 6.09. The first-order valence-corrected chi connectivity index (χ1v) is 6.72. The van der Waals surface area contributed by atoms with Crippen molar-refractivity contribution in [2.24, 2.45) is 12.5 Å². The first-order chi connectivity index (χ1) is 8.56. The first kappa shape index (κ1) is 11.6. The average molecular weight is 247 g/mol. The highest BCUT2D eigenvalue weighted by molar-refractivity contribution is 5.77. The molecular weight excluding hydrogens is 226 g/mol. The number of hydrogen-bond acceptors (Lipinski definition) is 3. The summed E-state index contributed by atoms with van der Waals surface area (Å²) in [6.45, 7) is 5.24. The van der Waals surface area contributed by atoms with Gasteiger partial charge in [-0.1, -0.05) is 13.3 Å². The third-order valence-electron chi connectivity index (χ3n) is 4.58. The van der Waals surface area contributed by atoms with Crippen molar-refractivity contribution in [1.82, 2.24) is 19.3 Å². The van der Waals surface area contributed by atoms with Crippen molar-refractivity contribution in [3.63, 3.8) is 0 Å². The van der Waals surface area contributed by atoms with Gasteiger partial charge in [0.2, 0.25) is 5.95 Å². The van der Waals surface area contributed by atoms with E-state index < -0.39 is 0 Å². The van der Waals surface area contributed by atoms with Gasteiger partial charge < -0.3 is 5.73 Å². The summed E-state index contributed by atoms with van der Waals surface area (Å²) < 4.78 is 4.05. The maximum atomic E-state index is 6.09. The molecule has 3 rings (SSSR count). The van der Waals surface area contributed by atoms with Crippen LogP contribution in [0.3, 0.4) is 0 Å². The van der Waals surface area contributed by atoms with E-state index in [1.165, 1.54) is 25.7 Å². The van der Waals surface area contributed by atoms with Crippen molar-refractivity contribution in [2.45, 2.75) is 46.1 Å². The highest BCUT2D eigenvalue weighted by Crippen LogP contribution is 2.46. The molecule has 2 aromatic heterocycles. The van der Waals surface area contributed by atoms with E-state index in [0.717, 1.165) is 23.4 Å². The predicted molar refractivity (Wildman–Crippen MR) is 72.2 cm³/mol. The van der Waals surface area contributed by atoms with Crippen LogP contribution in [-0.2, 0) is 13.6 Å². The summed E-state index contributed by atoms with van der Waals surface area (Å²) in [5.41, 5.74) is 9.48. The molecule has 2 N–H and O–H groups in total. The number of aryl methyl sites for hydroxylation is 2. The molecule has 1 aliphatic carbocycles. The lowest BCUT2D eigenvalue weighted by atomic mass is 9.67. The van der Waals surface area contributed by atoms with Gasteiger partial charge in [-0.05, 0) is 31.6 Å². The van der Waals surface area contributed by atoms with Crippen LogP contribution in [0.1, 0.15) is 38.3 Å². The molecule has 5 heteroatoms. The van der Waals surface area contributed by atoms with Crippen molar-refractivity contribution >= 4 is 17.1 Å². The fraction of sp³-hybridized carbons (Fsp3) is 0.692. The average Bonchev–Trinajstić information content (AvgIpc) is 2.73. The van der Waals surface area contributed by atoms with Gasteiger partial charge in [-0.15, -0.1) is 0 Å². The molecule has 0 bridgehead atoms. The van der Waals surface area contributed by atoms with Crippen LogP contribution in [0.2, 0.25) is 0 Å². The monoisotopic (exact) mass is 247 g/mol. The zero-order valence-corrected chi connectivity index (χ0v) is 11.4. The molecule has 0 aliphatic heterocycles. The molecule has 0 spiro atoms. The zero-order chi connectivity index (χ0) is 12.9. The fourth-order valence-electron chi connectivity index (χ4n) is 3.14. The van der Waals surface area contributed by atoms with Gasteiger partial charge in [-0.2, -0.15) is 5.10 Å². The van der Waals surface area contributed by atoms with E-state index in [9.17, 15) is 0 Å². The third kappa shape index (κ3) is 1.46. The SMILES string of the molecule is CCC1(Cn2c(N)nc3c(C)nn(C)c32)CCC1. The number of nitrogen functional groups attached to an aromatic ring is 1. The second-order valence-corrected chi connectivity index (χ2v) is 5.64. The van der Waals surface area contributed by atoms with Crippen molar-refractivity contribution < 1.29 is 0 Å². The Hall–Kier alpha value is -1.52. The second kappa shape index (κ2) is 3.73. The largest absolute Gasteiger partial charge is 0.369 e. The van der Waals surface area contributed by atoms with Crippen LogP contribution in [-0.4, -0.2) is 19.3 Å². The lowest BCUT2D eigenvalue weighted by Gasteiger charge is -2.41. The number of aromatic nitrogens is 4. The number of fused-ring (bicyclic) bond motifs is 1. The van der Waals surface area contributed by atoms with Crippen molar-refractivity contribution in [1.29, 1.82) is 0 Å². The Morgan fingerprint density at radius 2 is 2.11 bits per heavy atom. The van der Waals surface area contributed by atoms with Crippen LogP contribution in [0.4, 0.5) is 5.95 Å². The van der Waals surface area contributed by atoms with Gasteiger partial charge in [0.05, 0.1) is 5.69 Å². The molecule has 1 aliphatic rings. The highest BCUT2D eigenvalue weighted by atomic mass is 15.3. The molecule has 1 saturated carbocycles. The van der Waals surface area contributed by atoms with Crippen LogP contribution in [0.25, 0.3) is 11.2 Å². The van der Waals surface area contributed by atoms with Gasteiger partial charge >= 0.3 is 0 Å². The van der Waals surface area contributed by atoms with Crippen LogP contribution in [0.15, 0.2) is 0 Å². The standard InChI is InChI=1S/C13H21N5/c1-4-13(6-5-7-13)8-18-11-10(15-12(18)14)9(2)16-17(11)3/h4-8H2,1-3H3,(H2,14,15). The van der Waals surface area contributed by atoms with Gasteiger partial charge in [0.1, 0.15) is 5.52 Å². The Labute approximate surface area is 107 Å². The molecule has 0 amide bonds. The molecule has 1 fully saturated rings. The van der Waals surface area contributed by atoms with Crippen LogP contribution >= 0.6 is 0 Å². The quantitative estimate of drug-likeness (QED) is 0.904. The predicted octanol–water partition coefficient (Wildman–Crippen LogP) is 2.24. The molecule has 2 aromatic rings. The molecule has 0 aromatic carbocycles. The fourth-order valence-corrected chi connectivity index (χ4v) is 3.14. The minimum atomic E-state index is 0.430. The number of imidazole rings is 1. The number of nitrogens with two attached hydrogens (primary N) is 1. The highest BCUT2D eigenvalue weighted by Gasteiger charge is 2.36. The lowest BCUT2D eigenvalue weighted by molar-refractivity contribution is 0.102. The second-order valence-electron chi connectivity index (χ2n) is 5.64.